The molecule has 0 saturated heterocycles. The van der Waals surface area contributed by atoms with Crippen molar-refractivity contribution >= 4 is 17.5 Å². The van der Waals surface area contributed by atoms with E-state index in [1.54, 1.807) is 23.1 Å². The molecule has 206 valence electrons. The second-order valence-electron chi connectivity index (χ2n) is 11.3. The monoisotopic (exact) mass is 521 g/mol. The molecule has 1 aliphatic heterocycles. The van der Waals surface area contributed by atoms with E-state index in [1.807, 2.05) is 37.3 Å². The van der Waals surface area contributed by atoms with Crippen LogP contribution < -0.4 is 10.1 Å². The summed E-state index contributed by atoms with van der Waals surface area (Å²) < 4.78 is 6.53. The van der Waals surface area contributed by atoms with Crippen LogP contribution in [0.1, 0.15) is 61.9 Å². The number of aliphatic hydroxyl groups is 1. The van der Waals surface area contributed by atoms with Crippen LogP contribution >= 0.6 is 0 Å². The highest BCUT2D eigenvalue weighted by Crippen LogP contribution is 2.31. The molecule has 2 aromatic carbocycles. The van der Waals surface area contributed by atoms with Gasteiger partial charge in [0.1, 0.15) is 11.9 Å². The number of fused-ring (bicyclic) bond motifs is 1. The highest BCUT2D eigenvalue weighted by atomic mass is 16.5. The lowest BCUT2D eigenvalue weighted by Crippen LogP contribution is -2.50. The maximum atomic E-state index is 13.7. The summed E-state index contributed by atoms with van der Waals surface area (Å²) in [5.74, 6) is 1.00. The van der Waals surface area contributed by atoms with Crippen molar-refractivity contribution in [1.29, 1.82) is 0 Å². The van der Waals surface area contributed by atoms with E-state index >= 15 is 0 Å². The number of benzene rings is 2. The fourth-order valence-corrected chi connectivity index (χ4v) is 5.70. The van der Waals surface area contributed by atoms with Gasteiger partial charge >= 0.3 is 0 Å². The zero-order valence-electron chi connectivity index (χ0n) is 23.1. The van der Waals surface area contributed by atoms with Crippen molar-refractivity contribution in [2.24, 2.45) is 11.8 Å². The number of carbonyl (C=O) groups is 2. The van der Waals surface area contributed by atoms with Gasteiger partial charge in [-0.3, -0.25) is 9.59 Å². The summed E-state index contributed by atoms with van der Waals surface area (Å²) in [5.41, 5.74) is 1.89. The predicted octanol–water partition coefficient (Wildman–Crippen LogP) is 4.60. The summed E-state index contributed by atoms with van der Waals surface area (Å²) in [7, 11) is 2.16. The van der Waals surface area contributed by atoms with Crippen LogP contribution in [0, 0.1) is 11.8 Å². The Balaban J connectivity index is 1.53. The summed E-state index contributed by atoms with van der Waals surface area (Å²) in [5, 5.41) is 12.8. The molecule has 1 fully saturated rings. The van der Waals surface area contributed by atoms with E-state index in [1.165, 1.54) is 32.1 Å². The van der Waals surface area contributed by atoms with Crippen molar-refractivity contribution < 1.29 is 19.4 Å². The van der Waals surface area contributed by atoms with Crippen LogP contribution in [0.15, 0.2) is 48.5 Å². The summed E-state index contributed by atoms with van der Waals surface area (Å²) >= 11 is 0. The fraction of sp³-hybridized carbons (Fsp3) is 0.548. The molecule has 0 bridgehead atoms. The number of carbonyl (C=O) groups excluding carboxylic acids is 2. The number of hydrogen-bond donors (Lipinski definition) is 2. The minimum atomic E-state index is -0.326. The van der Waals surface area contributed by atoms with E-state index in [0.717, 1.165) is 24.6 Å². The number of rotatable bonds is 9. The quantitative estimate of drug-likeness (QED) is 0.504. The number of hydrogen-bond acceptors (Lipinski definition) is 5. The molecule has 4 rings (SSSR count). The largest absolute Gasteiger partial charge is 0.488 e. The minimum Gasteiger partial charge on any atom is -0.488 e. The Hall–Kier alpha value is -2.90. The second kappa shape index (κ2) is 13.3. The van der Waals surface area contributed by atoms with Crippen molar-refractivity contribution in [1.82, 2.24) is 9.80 Å². The molecule has 38 heavy (non-hydrogen) atoms. The Kier molecular flexibility index (Phi) is 9.80. The SMILES string of the molecule is C[C@@H]1CN([C@H](C)CO)C(=O)c2cc(NC(=O)Cc3ccccc3)ccc2O[C@@H]1CN(C)CC1CCCCC1. The van der Waals surface area contributed by atoms with Gasteiger partial charge in [0.2, 0.25) is 5.91 Å². The number of ether oxygens (including phenoxy) is 1. The number of nitrogens with one attached hydrogen (secondary N) is 1. The molecule has 3 atom stereocenters. The standard InChI is InChI=1S/C31H43N3O4/c1-22-18-34(23(2)21-35)31(37)27-17-26(32-30(36)16-24-10-6-4-7-11-24)14-15-28(27)38-29(22)20-33(3)19-25-12-8-5-9-13-25/h4,6-7,10-11,14-15,17,22-23,25,29,35H,5,8-9,12-13,16,18-21H2,1-3H3,(H,32,36)/t22-,23-,29-/m1/s1. The van der Waals surface area contributed by atoms with E-state index in [2.05, 4.69) is 24.2 Å². The van der Waals surface area contributed by atoms with Crippen LogP contribution in [0.25, 0.3) is 0 Å². The predicted molar refractivity (Wildman–Crippen MR) is 150 cm³/mol. The average molecular weight is 522 g/mol. The third-order valence-electron chi connectivity index (χ3n) is 7.94. The Morgan fingerprint density at radius 2 is 1.87 bits per heavy atom. The first-order valence-electron chi connectivity index (χ1n) is 14.1. The molecule has 2 N–H and O–H groups in total. The van der Waals surface area contributed by atoms with Gasteiger partial charge in [-0.25, -0.2) is 0 Å². The molecule has 1 aliphatic carbocycles. The Labute approximate surface area is 227 Å². The first-order chi connectivity index (χ1) is 18.3. The van der Waals surface area contributed by atoms with Crippen molar-refractivity contribution in [3.05, 3.63) is 59.7 Å². The number of likely N-dealkylation sites (N-methyl/N-ethyl adjacent to an activating group) is 1. The normalized spacial score (nSPS) is 21.3. The molecule has 0 radical (unpaired) electrons. The number of amides is 2. The van der Waals surface area contributed by atoms with E-state index in [4.69, 9.17) is 4.74 Å². The van der Waals surface area contributed by atoms with Crippen LogP contribution in [-0.2, 0) is 11.2 Å². The zero-order valence-corrected chi connectivity index (χ0v) is 23.1. The van der Waals surface area contributed by atoms with Gasteiger partial charge in [0, 0.05) is 31.2 Å². The minimum absolute atomic E-state index is 0.0835. The molecular formula is C31H43N3O4. The summed E-state index contributed by atoms with van der Waals surface area (Å²) in [4.78, 5) is 30.5. The molecule has 2 aliphatic rings. The smallest absolute Gasteiger partial charge is 0.258 e. The number of aliphatic hydroxyl groups excluding tert-OH is 1. The van der Waals surface area contributed by atoms with Gasteiger partial charge in [-0.1, -0.05) is 56.5 Å². The van der Waals surface area contributed by atoms with Crippen LogP contribution in [0.5, 0.6) is 5.75 Å². The lowest BCUT2D eigenvalue weighted by Gasteiger charge is -2.38. The Morgan fingerprint density at radius 1 is 1.13 bits per heavy atom. The molecule has 7 heteroatoms. The maximum absolute atomic E-state index is 13.7. The first kappa shape index (κ1) is 28.1. The molecule has 2 amide bonds. The average Bonchev–Trinajstić information content (AvgIpc) is 2.91. The van der Waals surface area contributed by atoms with Gasteiger partial charge in [-0.2, -0.15) is 0 Å². The van der Waals surface area contributed by atoms with E-state index in [9.17, 15) is 14.7 Å². The van der Waals surface area contributed by atoms with Gasteiger partial charge in [-0.05, 0) is 56.5 Å². The van der Waals surface area contributed by atoms with Crippen LogP contribution in [0.3, 0.4) is 0 Å². The molecule has 0 spiro atoms. The van der Waals surface area contributed by atoms with Crippen molar-refractivity contribution in [3.8, 4) is 5.75 Å². The zero-order chi connectivity index (χ0) is 27.1. The van der Waals surface area contributed by atoms with Gasteiger partial charge < -0.3 is 25.0 Å². The van der Waals surface area contributed by atoms with E-state index < -0.39 is 0 Å². The number of nitrogens with zero attached hydrogens (tertiary/aromatic N) is 2. The Bertz CT molecular complexity index is 1070. The van der Waals surface area contributed by atoms with Crippen LogP contribution in [0.2, 0.25) is 0 Å². The van der Waals surface area contributed by atoms with Crippen molar-refractivity contribution in [3.63, 3.8) is 0 Å². The molecule has 2 aromatic rings. The summed E-state index contributed by atoms with van der Waals surface area (Å²) in [6, 6.07) is 14.5. The van der Waals surface area contributed by atoms with Crippen molar-refractivity contribution in [2.75, 3.05) is 38.6 Å². The summed E-state index contributed by atoms with van der Waals surface area (Å²) in [6.07, 6.45) is 6.73. The van der Waals surface area contributed by atoms with E-state index in [0.29, 0.717) is 23.5 Å². The summed E-state index contributed by atoms with van der Waals surface area (Å²) in [6.45, 7) is 6.18. The van der Waals surface area contributed by atoms with Crippen LogP contribution in [0.4, 0.5) is 5.69 Å². The highest BCUT2D eigenvalue weighted by Gasteiger charge is 2.34. The lowest BCUT2D eigenvalue weighted by molar-refractivity contribution is -0.115. The number of anilines is 1. The van der Waals surface area contributed by atoms with Gasteiger partial charge in [0.05, 0.1) is 24.6 Å². The highest BCUT2D eigenvalue weighted by molar-refractivity contribution is 6.00. The fourth-order valence-electron chi connectivity index (χ4n) is 5.70. The molecule has 1 heterocycles. The van der Waals surface area contributed by atoms with Crippen LogP contribution in [-0.4, -0.2) is 72.2 Å². The topological polar surface area (TPSA) is 82.1 Å². The third-order valence-corrected chi connectivity index (χ3v) is 7.94. The second-order valence-corrected chi connectivity index (χ2v) is 11.3. The van der Waals surface area contributed by atoms with Gasteiger partial charge in [-0.15, -0.1) is 0 Å². The lowest BCUT2D eigenvalue weighted by atomic mass is 9.89. The molecule has 0 unspecified atom stereocenters. The molecular weight excluding hydrogens is 478 g/mol. The molecule has 1 saturated carbocycles. The Morgan fingerprint density at radius 3 is 2.58 bits per heavy atom. The van der Waals surface area contributed by atoms with Gasteiger partial charge in [0.25, 0.3) is 5.91 Å². The molecule has 7 nitrogen and oxygen atoms in total. The van der Waals surface area contributed by atoms with Gasteiger partial charge in [0.15, 0.2) is 0 Å². The first-order valence-corrected chi connectivity index (χ1v) is 14.1. The molecule has 0 aromatic heterocycles. The maximum Gasteiger partial charge on any atom is 0.258 e. The van der Waals surface area contributed by atoms with E-state index in [-0.39, 0.29) is 42.9 Å². The third kappa shape index (κ3) is 7.35. The van der Waals surface area contributed by atoms with Crippen molar-refractivity contribution in [2.45, 2.75) is 64.5 Å².